The third kappa shape index (κ3) is 2.38. The molecule has 0 aliphatic heterocycles. The predicted molar refractivity (Wildman–Crippen MR) is 65.3 cm³/mol. The fraction of sp³-hybridized carbons (Fsp3) is 0. The molecule has 2 rings (SSSR count). The van der Waals surface area contributed by atoms with Gasteiger partial charge >= 0.3 is 0 Å². The first-order chi connectivity index (χ1) is 8.61. The molecule has 7 heteroatoms. The minimum Gasteiger partial charge on any atom is -0.435 e. The molecule has 5 nitrogen and oxygen atoms in total. The van der Waals surface area contributed by atoms with Crippen LogP contribution in [-0.4, -0.2) is 9.97 Å². The Morgan fingerprint density at radius 1 is 1.44 bits per heavy atom. The molecule has 2 N–H and O–H groups in total. The number of rotatable bonds is 2. The van der Waals surface area contributed by atoms with E-state index >= 15 is 0 Å². The van der Waals surface area contributed by atoms with E-state index in [4.69, 9.17) is 15.7 Å². The number of hydrogen-bond donors (Lipinski definition) is 1. The number of nitriles is 1. The van der Waals surface area contributed by atoms with Gasteiger partial charge in [-0.1, -0.05) is 0 Å². The van der Waals surface area contributed by atoms with Gasteiger partial charge in [0.15, 0.2) is 5.75 Å². The average Bonchev–Trinajstić information content (AvgIpc) is 2.36. The second kappa shape index (κ2) is 4.98. The van der Waals surface area contributed by atoms with Gasteiger partial charge in [0, 0.05) is 6.07 Å². The molecule has 0 aliphatic rings. The molecule has 0 bridgehead atoms. The number of ether oxygens (including phenoxy) is 1. The molecule has 0 saturated carbocycles. The lowest BCUT2D eigenvalue weighted by atomic mass is 10.3. The summed E-state index contributed by atoms with van der Waals surface area (Å²) in [6.45, 7) is 0. The molecule has 0 spiro atoms. The van der Waals surface area contributed by atoms with Gasteiger partial charge in [-0.15, -0.1) is 0 Å². The Bertz CT molecular complexity index is 641. The summed E-state index contributed by atoms with van der Waals surface area (Å²) in [5.41, 5.74) is 6.05. The zero-order valence-electron chi connectivity index (χ0n) is 8.89. The topological polar surface area (TPSA) is 84.8 Å². The van der Waals surface area contributed by atoms with Crippen LogP contribution in [0.1, 0.15) is 5.56 Å². The van der Waals surface area contributed by atoms with Crippen molar-refractivity contribution in [2.45, 2.75) is 0 Å². The first-order valence-electron chi connectivity index (χ1n) is 4.74. The van der Waals surface area contributed by atoms with Crippen LogP contribution in [0.15, 0.2) is 29.1 Å². The first kappa shape index (κ1) is 12.3. The van der Waals surface area contributed by atoms with Crippen molar-refractivity contribution in [2.75, 3.05) is 5.73 Å². The Morgan fingerprint density at radius 2 is 2.22 bits per heavy atom. The van der Waals surface area contributed by atoms with Gasteiger partial charge in [0.1, 0.15) is 23.8 Å². The fourth-order valence-corrected chi connectivity index (χ4v) is 1.57. The number of anilines is 1. The Morgan fingerprint density at radius 3 is 2.94 bits per heavy atom. The van der Waals surface area contributed by atoms with E-state index in [1.807, 2.05) is 6.07 Å². The third-order valence-electron chi connectivity index (χ3n) is 2.06. The zero-order chi connectivity index (χ0) is 13.1. The predicted octanol–water partition coefficient (Wildman–Crippen LogP) is 2.62. The molecule has 0 atom stereocenters. The van der Waals surface area contributed by atoms with E-state index in [0.717, 1.165) is 6.07 Å². The van der Waals surface area contributed by atoms with Crippen molar-refractivity contribution < 1.29 is 9.13 Å². The average molecular weight is 309 g/mol. The van der Waals surface area contributed by atoms with E-state index in [1.54, 1.807) is 0 Å². The molecule has 18 heavy (non-hydrogen) atoms. The number of halogens is 2. The lowest BCUT2D eigenvalue weighted by molar-refractivity contribution is 0.457. The number of nitrogen functional groups attached to an aromatic ring is 1. The molecule has 0 amide bonds. The largest absolute Gasteiger partial charge is 0.435 e. The minimum atomic E-state index is -0.522. The van der Waals surface area contributed by atoms with Crippen LogP contribution in [0, 0.1) is 17.1 Å². The fourth-order valence-electron chi connectivity index (χ4n) is 1.21. The molecule has 2 aromatic rings. The lowest BCUT2D eigenvalue weighted by Gasteiger charge is -2.09. The Kier molecular flexibility index (Phi) is 3.39. The number of benzene rings is 1. The van der Waals surface area contributed by atoms with Crippen LogP contribution in [0.2, 0.25) is 0 Å². The number of nitrogens with two attached hydrogens (primary N) is 1. The second-order valence-electron chi connectivity index (χ2n) is 3.26. The highest BCUT2D eigenvalue weighted by Gasteiger charge is 2.11. The Labute approximate surface area is 110 Å². The van der Waals surface area contributed by atoms with Crippen LogP contribution in [-0.2, 0) is 0 Å². The van der Waals surface area contributed by atoms with Gasteiger partial charge in [0.25, 0.3) is 0 Å². The summed E-state index contributed by atoms with van der Waals surface area (Å²) in [4.78, 5) is 7.48. The summed E-state index contributed by atoms with van der Waals surface area (Å²) in [7, 11) is 0. The number of nitrogens with zero attached hydrogens (tertiary/aromatic N) is 3. The molecule has 0 radical (unpaired) electrons. The monoisotopic (exact) mass is 308 g/mol. The van der Waals surface area contributed by atoms with E-state index in [-0.39, 0.29) is 27.4 Å². The normalized spacial score (nSPS) is 9.83. The maximum atomic E-state index is 13.4. The van der Waals surface area contributed by atoms with E-state index in [0.29, 0.717) is 0 Å². The van der Waals surface area contributed by atoms with Gasteiger partial charge in [-0.3, -0.25) is 0 Å². The van der Waals surface area contributed by atoms with Crippen LogP contribution in [0.4, 0.5) is 10.1 Å². The molecule has 1 aromatic carbocycles. The van der Waals surface area contributed by atoms with Crippen molar-refractivity contribution in [3.05, 3.63) is 40.5 Å². The van der Waals surface area contributed by atoms with Crippen molar-refractivity contribution in [2.24, 2.45) is 0 Å². The highest BCUT2D eigenvalue weighted by Crippen LogP contribution is 2.32. The van der Waals surface area contributed by atoms with Crippen molar-refractivity contribution in [1.29, 1.82) is 5.26 Å². The molecule has 1 heterocycles. The molecule has 0 saturated heterocycles. The van der Waals surface area contributed by atoms with E-state index in [9.17, 15) is 4.39 Å². The van der Waals surface area contributed by atoms with Gasteiger partial charge in [0.05, 0.1) is 16.4 Å². The summed E-state index contributed by atoms with van der Waals surface area (Å²) in [5.74, 6) is -0.404. The lowest BCUT2D eigenvalue weighted by Crippen LogP contribution is -1.97. The maximum absolute atomic E-state index is 13.4. The van der Waals surface area contributed by atoms with Crippen molar-refractivity contribution in [3.8, 4) is 17.7 Å². The first-order valence-corrected chi connectivity index (χ1v) is 5.53. The number of hydrogen-bond acceptors (Lipinski definition) is 5. The second-order valence-corrected chi connectivity index (χ2v) is 4.11. The number of aromatic nitrogens is 2. The van der Waals surface area contributed by atoms with Crippen LogP contribution in [0.5, 0.6) is 11.6 Å². The van der Waals surface area contributed by atoms with E-state index in [2.05, 4.69) is 25.9 Å². The summed E-state index contributed by atoms with van der Waals surface area (Å²) < 4.78 is 18.9. The SMILES string of the molecule is N#Cc1cncnc1Oc1cc(F)c(Br)cc1N. The molecular weight excluding hydrogens is 303 g/mol. The summed E-state index contributed by atoms with van der Waals surface area (Å²) in [6, 6.07) is 4.35. The van der Waals surface area contributed by atoms with Gasteiger partial charge in [-0.2, -0.15) is 5.26 Å². The molecule has 0 unspecified atom stereocenters. The van der Waals surface area contributed by atoms with Gasteiger partial charge < -0.3 is 10.5 Å². The highest BCUT2D eigenvalue weighted by molar-refractivity contribution is 9.10. The highest BCUT2D eigenvalue weighted by atomic mass is 79.9. The van der Waals surface area contributed by atoms with Crippen LogP contribution >= 0.6 is 15.9 Å². The van der Waals surface area contributed by atoms with Gasteiger partial charge in [0.2, 0.25) is 5.88 Å². The molecular formula is C11H6BrFN4O. The smallest absolute Gasteiger partial charge is 0.240 e. The van der Waals surface area contributed by atoms with Crippen molar-refractivity contribution >= 4 is 21.6 Å². The van der Waals surface area contributed by atoms with Crippen LogP contribution in [0.25, 0.3) is 0 Å². The van der Waals surface area contributed by atoms with Crippen LogP contribution in [0.3, 0.4) is 0 Å². The molecule has 0 aliphatic carbocycles. The standard InChI is InChI=1S/C11H6BrFN4O/c12-7-1-9(15)10(2-8(7)13)18-11-6(3-14)4-16-5-17-11/h1-2,4-5H,15H2. The van der Waals surface area contributed by atoms with Crippen molar-refractivity contribution in [1.82, 2.24) is 9.97 Å². The molecule has 1 aromatic heterocycles. The van der Waals surface area contributed by atoms with E-state index < -0.39 is 5.82 Å². The molecule has 0 fully saturated rings. The quantitative estimate of drug-likeness (QED) is 0.862. The minimum absolute atomic E-state index is 0.0286. The Balaban J connectivity index is 2.41. The summed E-state index contributed by atoms with van der Waals surface area (Å²) in [5, 5.41) is 8.84. The maximum Gasteiger partial charge on any atom is 0.240 e. The van der Waals surface area contributed by atoms with Crippen LogP contribution < -0.4 is 10.5 Å². The van der Waals surface area contributed by atoms with Gasteiger partial charge in [-0.05, 0) is 22.0 Å². The summed E-state index contributed by atoms with van der Waals surface area (Å²) >= 11 is 3.01. The zero-order valence-corrected chi connectivity index (χ0v) is 10.5. The summed E-state index contributed by atoms with van der Waals surface area (Å²) in [6.07, 6.45) is 2.52. The van der Waals surface area contributed by atoms with Crippen molar-refractivity contribution in [3.63, 3.8) is 0 Å². The van der Waals surface area contributed by atoms with E-state index in [1.165, 1.54) is 18.6 Å². The van der Waals surface area contributed by atoms with Gasteiger partial charge in [-0.25, -0.2) is 14.4 Å². The third-order valence-corrected chi connectivity index (χ3v) is 2.66. The molecule has 90 valence electrons. The Hall–Kier alpha value is -2.20.